The average molecular weight is 1090 g/mol. The van der Waals surface area contributed by atoms with Crippen molar-refractivity contribution in [3.05, 3.63) is 157 Å². The molecule has 2 unspecified atom stereocenters. The van der Waals surface area contributed by atoms with E-state index in [1.807, 2.05) is 44.2 Å². The van der Waals surface area contributed by atoms with E-state index in [-0.39, 0.29) is 40.2 Å². The fraction of sp³-hybridized carbons (Fsp3) is 0.476. The summed E-state index contributed by atoms with van der Waals surface area (Å²) in [6.07, 6.45) is 4.40. The number of thioether (sulfide) groups is 1. The number of methoxy groups -OCH3 is 1. The SMILES string of the molecule is COCOc1ccc(-c2ccccc2)c(C(CC[C@@H]2OC(C)(C)O[C@@H]2C(C=C[C@@H](C)[C@@H](C)O[Si](c2ccccc2)(c2ccccc2)C(C)(C)C)O[Si](C)(C)C(C)(C)C)Sc2ccccc2)c1C(=O)OCC[Si](C)(C)C. The van der Waals surface area contributed by atoms with Crippen molar-refractivity contribution in [1.29, 1.82) is 0 Å². The van der Waals surface area contributed by atoms with Crippen molar-refractivity contribution < 1.29 is 37.3 Å². The van der Waals surface area contributed by atoms with Crippen molar-refractivity contribution in [1.82, 2.24) is 0 Å². The number of benzene rings is 5. The zero-order chi connectivity index (χ0) is 54.8. The first-order valence-electron chi connectivity index (χ1n) is 27.0. The molecule has 0 spiro atoms. The molecule has 0 aliphatic carbocycles. The fourth-order valence-electron chi connectivity index (χ4n) is 9.64. The van der Waals surface area contributed by atoms with E-state index in [9.17, 15) is 4.79 Å². The summed E-state index contributed by atoms with van der Waals surface area (Å²) >= 11 is 1.74. The Kier molecular flexibility index (Phi) is 20.5. The Morgan fingerprint density at radius 3 is 1.81 bits per heavy atom. The van der Waals surface area contributed by atoms with Crippen molar-refractivity contribution in [2.45, 2.75) is 171 Å². The Morgan fingerprint density at radius 1 is 0.720 bits per heavy atom. The van der Waals surface area contributed by atoms with Gasteiger partial charge in [-0.05, 0) is 114 Å². The van der Waals surface area contributed by atoms with Gasteiger partial charge in [-0.3, -0.25) is 0 Å². The van der Waals surface area contributed by atoms with Crippen LogP contribution in [0.2, 0.25) is 48.9 Å². The highest BCUT2D eigenvalue weighted by atomic mass is 32.2. The van der Waals surface area contributed by atoms with Crippen LogP contribution in [0.5, 0.6) is 5.75 Å². The predicted molar refractivity (Wildman–Crippen MR) is 319 cm³/mol. The van der Waals surface area contributed by atoms with E-state index in [2.05, 4.69) is 203 Å². The van der Waals surface area contributed by atoms with Crippen molar-refractivity contribution in [3.63, 3.8) is 0 Å². The van der Waals surface area contributed by atoms with Gasteiger partial charge in [-0.15, -0.1) is 11.8 Å². The number of esters is 1. The number of carbonyl (C=O) groups excluding carboxylic acids is 1. The van der Waals surface area contributed by atoms with E-state index in [0.717, 1.165) is 27.6 Å². The largest absolute Gasteiger partial charge is 0.467 e. The molecule has 1 fully saturated rings. The summed E-state index contributed by atoms with van der Waals surface area (Å²) in [6, 6.07) is 47.2. The molecule has 0 amide bonds. The van der Waals surface area contributed by atoms with Crippen LogP contribution >= 0.6 is 11.8 Å². The van der Waals surface area contributed by atoms with Gasteiger partial charge in [-0.1, -0.05) is 196 Å². The number of hydrogen-bond acceptors (Lipinski definition) is 9. The number of carbonyl (C=O) groups is 1. The second-order valence-corrected chi connectivity index (χ2v) is 40.4. The third kappa shape index (κ3) is 15.6. The minimum Gasteiger partial charge on any atom is -0.467 e. The van der Waals surface area contributed by atoms with E-state index in [1.54, 1.807) is 18.9 Å². The van der Waals surface area contributed by atoms with E-state index < -0.39 is 48.7 Å². The quantitative estimate of drug-likeness (QED) is 0.0197. The Bertz CT molecular complexity index is 2550. The van der Waals surface area contributed by atoms with Crippen molar-refractivity contribution >= 4 is 52.8 Å². The summed E-state index contributed by atoms with van der Waals surface area (Å²) < 4.78 is 47.1. The minimum atomic E-state index is -2.84. The van der Waals surface area contributed by atoms with Gasteiger partial charge in [0, 0.05) is 31.4 Å². The Labute approximate surface area is 458 Å². The lowest BCUT2D eigenvalue weighted by Crippen LogP contribution is -2.67. The van der Waals surface area contributed by atoms with Gasteiger partial charge in [0.05, 0.1) is 18.8 Å². The molecule has 6 rings (SSSR count). The number of ether oxygens (including phenoxy) is 5. The van der Waals surface area contributed by atoms with E-state index >= 15 is 0 Å². The highest BCUT2D eigenvalue weighted by molar-refractivity contribution is 7.99. The van der Waals surface area contributed by atoms with E-state index in [4.69, 9.17) is 32.5 Å². The third-order valence-corrected chi connectivity index (χ3v) is 27.5. The lowest BCUT2D eigenvalue weighted by atomic mass is 9.89. The maximum Gasteiger partial charge on any atom is 0.342 e. The Morgan fingerprint density at radius 2 is 1.28 bits per heavy atom. The van der Waals surface area contributed by atoms with Crippen LogP contribution in [0.25, 0.3) is 11.1 Å². The average Bonchev–Trinajstić information content (AvgIpc) is 3.68. The molecule has 406 valence electrons. The highest BCUT2D eigenvalue weighted by Gasteiger charge is 2.52. The van der Waals surface area contributed by atoms with Crippen LogP contribution in [0.4, 0.5) is 0 Å². The van der Waals surface area contributed by atoms with Crippen LogP contribution < -0.4 is 15.1 Å². The molecule has 0 saturated carbocycles. The van der Waals surface area contributed by atoms with Gasteiger partial charge in [0.1, 0.15) is 17.4 Å². The Hall–Kier alpha value is -4.09. The molecule has 1 heterocycles. The lowest BCUT2D eigenvalue weighted by Gasteiger charge is -2.45. The van der Waals surface area contributed by atoms with Crippen LogP contribution in [-0.2, 0) is 27.8 Å². The maximum atomic E-state index is 14.8. The monoisotopic (exact) mass is 1090 g/mol. The first-order chi connectivity index (χ1) is 35.3. The zero-order valence-electron chi connectivity index (χ0n) is 48.0. The summed E-state index contributed by atoms with van der Waals surface area (Å²) in [7, 11) is -5.18. The lowest BCUT2D eigenvalue weighted by molar-refractivity contribution is -0.152. The Balaban J connectivity index is 1.42. The third-order valence-electron chi connectivity index (χ3n) is 14.9. The normalized spacial score (nSPS) is 18.1. The molecule has 1 aliphatic heterocycles. The van der Waals surface area contributed by atoms with Gasteiger partial charge >= 0.3 is 5.97 Å². The number of rotatable bonds is 24. The van der Waals surface area contributed by atoms with Gasteiger partial charge in [-0.25, -0.2) is 4.79 Å². The predicted octanol–water partition coefficient (Wildman–Crippen LogP) is 15.5. The summed E-state index contributed by atoms with van der Waals surface area (Å²) in [5.41, 5.74) is 3.21. The second-order valence-electron chi connectivity index (χ2n) is 24.5. The van der Waals surface area contributed by atoms with E-state index in [1.165, 1.54) is 10.4 Å². The molecule has 1 aliphatic rings. The summed E-state index contributed by atoms with van der Waals surface area (Å²) in [5.74, 6) is -0.844. The van der Waals surface area contributed by atoms with Gasteiger partial charge < -0.3 is 32.5 Å². The van der Waals surface area contributed by atoms with Crippen molar-refractivity contribution in [3.8, 4) is 16.9 Å². The second kappa shape index (κ2) is 25.6. The highest BCUT2D eigenvalue weighted by Crippen LogP contribution is 2.49. The van der Waals surface area contributed by atoms with Crippen LogP contribution in [0, 0.1) is 5.92 Å². The smallest absolute Gasteiger partial charge is 0.342 e. The molecule has 6 atom stereocenters. The van der Waals surface area contributed by atoms with Gasteiger partial charge in [0.2, 0.25) is 0 Å². The molecule has 0 N–H and O–H groups in total. The van der Waals surface area contributed by atoms with Crippen molar-refractivity contribution in [2.75, 3.05) is 20.5 Å². The molecule has 0 aromatic heterocycles. The molecular formula is C63H88O8SSi3. The fourth-order valence-corrected chi connectivity index (χ4v) is 17.6. The molecule has 0 bridgehead atoms. The van der Waals surface area contributed by atoms with E-state index in [0.29, 0.717) is 30.8 Å². The topological polar surface area (TPSA) is 81.7 Å². The standard InChI is InChI=1S/C63H88O8SSi3/c1-46(47(2)70-75(62(6,7)8,50-33-25-19-26-34-50)51-35-27-20-28-36-51)37-39-55(71-74(15,16)61(3,4)5)59-54(68-63(9,10)69-59)41-42-56(72-49-31-23-18-24-32-49)57-52(48-29-21-17-22-30-48)38-40-53(67-45-65-11)58(57)60(64)66-43-44-73(12,13)14/h17-40,46-47,54-56,59H,41-45H2,1-16H3/t46-,47-,54+,55?,56?,59+/m1/s1. The van der Waals surface area contributed by atoms with Crippen LogP contribution in [0.3, 0.4) is 0 Å². The maximum absolute atomic E-state index is 14.8. The van der Waals surface area contributed by atoms with Gasteiger partial charge in [0.15, 0.2) is 20.9 Å². The van der Waals surface area contributed by atoms with Crippen LogP contribution in [0.1, 0.15) is 103 Å². The van der Waals surface area contributed by atoms with Crippen molar-refractivity contribution in [2.24, 2.45) is 5.92 Å². The molecule has 1 saturated heterocycles. The molecule has 0 radical (unpaired) electrons. The molecule has 5 aromatic carbocycles. The zero-order valence-corrected chi connectivity index (χ0v) is 51.8. The summed E-state index contributed by atoms with van der Waals surface area (Å²) in [6.45, 7) is 34.1. The summed E-state index contributed by atoms with van der Waals surface area (Å²) in [5, 5.41) is 2.02. The summed E-state index contributed by atoms with van der Waals surface area (Å²) in [4.78, 5) is 15.9. The first-order valence-corrected chi connectivity index (χ1v) is 36.4. The first kappa shape index (κ1) is 60.1. The van der Waals surface area contributed by atoms with Gasteiger partial charge in [-0.2, -0.15) is 0 Å². The minimum absolute atomic E-state index is 0.0190. The molecule has 5 aromatic rings. The molecule has 75 heavy (non-hydrogen) atoms. The molecule has 12 heteroatoms. The molecular weight excluding hydrogens is 1000 g/mol. The van der Waals surface area contributed by atoms with Gasteiger partial charge in [0.25, 0.3) is 8.32 Å². The van der Waals surface area contributed by atoms with Crippen LogP contribution in [0.15, 0.2) is 151 Å². The number of hydrogen-bond donors (Lipinski definition) is 0. The van der Waals surface area contributed by atoms with Crippen LogP contribution in [-0.4, -0.2) is 81.4 Å². The molecule has 8 nitrogen and oxygen atoms in total.